The van der Waals surface area contributed by atoms with Gasteiger partial charge in [0.05, 0.1) is 5.25 Å². The van der Waals surface area contributed by atoms with E-state index >= 15 is 0 Å². The SMILES string of the molecule is Cc1cc(C)c(N2CCC(Sc3nc(N)nc(N)n3)C2=O)c(C)c1. The Morgan fingerprint density at radius 3 is 2.25 bits per heavy atom. The van der Waals surface area contributed by atoms with Crippen molar-refractivity contribution in [3.05, 3.63) is 28.8 Å². The number of thioether (sulfide) groups is 1. The monoisotopic (exact) mass is 344 g/mol. The first-order chi connectivity index (χ1) is 11.3. The van der Waals surface area contributed by atoms with Gasteiger partial charge >= 0.3 is 0 Å². The molecule has 1 aromatic carbocycles. The van der Waals surface area contributed by atoms with Gasteiger partial charge in [0.2, 0.25) is 17.8 Å². The van der Waals surface area contributed by atoms with Crippen LogP contribution >= 0.6 is 11.8 Å². The van der Waals surface area contributed by atoms with Gasteiger partial charge in [-0.1, -0.05) is 29.5 Å². The summed E-state index contributed by atoms with van der Waals surface area (Å²) in [6, 6.07) is 4.20. The van der Waals surface area contributed by atoms with Crippen LogP contribution in [0.4, 0.5) is 17.6 Å². The molecule has 7 nitrogen and oxygen atoms in total. The van der Waals surface area contributed by atoms with Crippen molar-refractivity contribution in [2.75, 3.05) is 22.9 Å². The zero-order valence-electron chi connectivity index (χ0n) is 13.9. The molecule has 1 aromatic heterocycles. The highest BCUT2D eigenvalue weighted by atomic mass is 32.2. The molecule has 0 aliphatic carbocycles. The Bertz CT molecular complexity index is 766. The molecule has 1 aliphatic heterocycles. The molecule has 1 amide bonds. The van der Waals surface area contributed by atoms with Crippen LogP contribution in [0.25, 0.3) is 0 Å². The summed E-state index contributed by atoms with van der Waals surface area (Å²) in [5.41, 5.74) is 15.6. The lowest BCUT2D eigenvalue weighted by Gasteiger charge is -2.22. The highest BCUT2D eigenvalue weighted by molar-refractivity contribution is 8.00. The van der Waals surface area contributed by atoms with Crippen molar-refractivity contribution in [3.8, 4) is 0 Å². The van der Waals surface area contributed by atoms with Crippen molar-refractivity contribution in [2.24, 2.45) is 0 Å². The lowest BCUT2D eigenvalue weighted by Crippen LogP contribution is -2.29. The largest absolute Gasteiger partial charge is 0.368 e. The van der Waals surface area contributed by atoms with Crippen LogP contribution in [0.2, 0.25) is 0 Å². The van der Waals surface area contributed by atoms with Crippen molar-refractivity contribution in [2.45, 2.75) is 37.6 Å². The van der Waals surface area contributed by atoms with Crippen LogP contribution in [0.15, 0.2) is 17.3 Å². The number of rotatable bonds is 3. The van der Waals surface area contributed by atoms with E-state index in [9.17, 15) is 4.79 Å². The Hall–Kier alpha value is -2.35. The third-order valence-corrected chi connectivity index (χ3v) is 5.07. The molecule has 1 unspecified atom stereocenters. The normalized spacial score (nSPS) is 17.5. The molecule has 8 heteroatoms. The van der Waals surface area contributed by atoms with Gasteiger partial charge < -0.3 is 16.4 Å². The number of nitrogen functional groups attached to an aromatic ring is 2. The predicted octanol–water partition coefficient (Wildman–Crippen LogP) is 1.86. The summed E-state index contributed by atoms with van der Waals surface area (Å²) in [6.07, 6.45) is 0.724. The fourth-order valence-electron chi connectivity index (χ4n) is 3.15. The second-order valence-electron chi connectivity index (χ2n) is 5.97. The van der Waals surface area contributed by atoms with Crippen molar-refractivity contribution < 1.29 is 4.79 Å². The van der Waals surface area contributed by atoms with Gasteiger partial charge in [-0.2, -0.15) is 15.0 Å². The second-order valence-corrected chi connectivity index (χ2v) is 7.14. The molecule has 24 heavy (non-hydrogen) atoms. The molecule has 0 spiro atoms. The Balaban J connectivity index is 1.83. The van der Waals surface area contributed by atoms with Crippen LogP contribution < -0.4 is 16.4 Å². The molecule has 1 fully saturated rings. The van der Waals surface area contributed by atoms with Gasteiger partial charge in [0.15, 0.2) is 5.16 Å². The zero-order chi connectivity index (χ0) is 17.4. The molecule has 2 heterocycles. The Kier molecular flexibility index (Phi) is 4.31. The van der Waals surface area contributed by atoms with Crippen LogP contribution in [-0.2, 0) is 4.79 Å². The van der Waals surface area contributed by atoms with E-state index in [1.165, 1.54) is 17.3 Å². The Labute approximate surface area is 144 Å². The van der Waals surface area contributed by atoms with Crippen LogP contribution in [-0.4, -0.2) is 32.7 Å². The third-order valence-electron chi connectivity index (χ3n) is 3.96. The number of aryl methyl sites for hydroxylation is 3. The summed E-state index contributed by atoms with van der Waals surface area (Å²) in [7, 11) is 0. The van der Waals surface area contributed by atoms with E-state index in [-0.39, 0.29) is 23.1 Å². The van der Waals surface area contributed by atoms with E-state index in [1.54, 1.807) is 0 Å². The smallest absolute Gasteiger partial charge is 0.240 e. The average Bonchev–Trinajstić information content (AvgIpc) is 2.78. The molecule has 4 N–H and O–H groups in total. The molecular formula is C16H20N6OS. The molecule has 1 aliphatic rings. The molecule has 3 rings (SSSR count). The number of nitrogens with zero attached hydrogens (tertiary/aromatic N) is 4. The highest BCUT2D eigenvalue weighted by Crippen LogP contribution is 2.35. The minimum absolute atomic E-state index is 0.0626. The van der Waals surface area contributed by atoms with Gasteiger partial charge in [-0.25, -0.2) is 0 Å². The first-order valence-corrected chi connectivity index (χ1v) is 8.56. The minimum atomic E-state index is -0.244. The summed E-state index contributed by atoms with van der Waals surface area (Å²) in [5, 5.41) is 0.142. The maximum Gasteiger partial charge on any atom is 0.240 e. The lowest BCUT2D eigenvalue weighted by molar-refractivity contribution is -0.116. The molecule has 0 bridgehead atoms. The quantitative estimate of drug-likeness (QED) is 0.874. The van der Waals surface area contributed by atoms with Gasteiger partial charge in [0.1, 0.15) is 0 Å². The third kappa shape index (κ3) is 3.14. The number of amides is 1. The topological polar surface area (TPSA) is 111 Å². The van der Waals surface area contributed by atoms with Gasteiger partial charge in [0.25, 0.3) is 0 Å². The molecule has 126 valence electrons. The van der Waals surface area contributed by atoms with Crippen molar-refractivity contribution in [3.63, 3.8) is 0 Å². The zero-order valence-corrected chi connectivity index (χ0v) is 14.7. The maximum atomic E-state index is 12.8. The van der Waals surface area contributed by atoms with Gasteiger partial charge in [-0.3, -0.25) is 4.79 Å². The van der Waals surface area contributed by atoms with Crippen molar-refractivity contribution in [1.29, 1.82) is 0 Å². The number of hydrogen-bond donors (Lipinski definition) is 2. The summed E-state index contributed by atoms with van der Waals surface area (Å²) < 4.78 is 0. The molecule has 1 atom stereocenters. The van der Waals surface area contributed by atoms with E-state index in [4.69, 9.17) is 11.5 Å². The minimum Gasteiger partial charge on any atom is -0.368 e. The van der Waals surface area contributed by atoms with E-state index in [0.717, 1.165) is 23.2 Å². The van der Waals surface area contributed by atoms with E-state index in [0.29, 0.717) is 11.7 Å². The number of nitrogens with two attached hydrogens (primary N) is 2. The van der Waals surface area contributed by atoms with E-state index in [1.807, 2.05) is 18.7 Å². The van der Waals surface area contributed by atoms with Gasteiger partial charge in [0, 0.05) is 12.2 Å². The number of aromatic nitrogens is 3. The number of hydrogen-bond acceptors (Lipinski definition) is 7. The second kappa shape index (κ2) is 6.27. The summed E-state index contributed by atoms with van der Waals surface area (Å²) in [4.78, 5) is 26.5. The standard InChI is InChI=1S/C16H20N6OS/c1-8-6-9(2)12(10(3)7-8)22-5-4-11(13(22)23)24-16-20-14(17)19-15(18)21-16/h6-7,11H,4-5H2,1-3H3,(H4,17,18,19,20,21). The number of benzene rings is 1. The van der Waals surface area contributed by atoms with Gasteiger partial charge in [-0.15, -0.1) is 0 Å². The summed E-state index contributed by atoms with van der Waals surface area (Å²) in [5.74, 6) is 0.197. The van der Waals surface area contributed by atoms with Crippen LogP contribution in [0, 0.1) is 20.8 Å². The van der Waals surface area contributed by atoms with Crippen molar-refractivity contribution >= 4 is 35.3 Å². The Morgan fingerprint density at radius 2 is 1.67 bits per heavy atom. The van der Waals surface area contributed by atoms with Crippen LogP contribution in [0.5, 0.6) is 0 Å². The molecular weight excluding hydrogens is 324 g/mol. The van der Waals surface area contributed by atoms with E-state index in [2.05, 4.69) is 34.0 Å². The molecule has 2 aromatic rings. The van der Waals surface area contributed by atoms with Crippen LogP contribution in [0.1, 0.15) is 23.1 Å². The molecule has 0 radical (unpaired) electrons. The average molecular weight is 344 g/mol. The highest BCUT2D eigenvalue weighted by Gasteiger charge is 2.35. The number of anilines is 3. The Morgan fingerprint density at radius 1 is 1.08 bits per heavy atom. The van der Waals surface area contributed by atoms with Crippen molar-refractivity contribution in [1.82, 2.24) is 15.0 Å². The first-order valence-electron chi connectivity index (χ1n) is 7.68. The van der Waals surface area contributed by atoms with Crippen LogP contribution in [0.3, 0.4) is 0 Å². The fraction of sp³-hybridized carbons (Fsp3) is 0.375. The maximum absolute atomic E-state index is 12.8. The number of carbonyl (C=O) groups excluding carboxylic acids is 1. The fourth-order valence-corrected chi connectivity index (χ4v) is 4.15. The number of carbonyl (C=O) groups is 1. The first kappa shape index (κ1) is 16.5. The molecule has 0 saturated carbocycles. The summed E-state index contributed by atoms with van der Waals surface area (Å²) >= 11 is 1.29. The van der Waals surface area contributed by atoms with E-state index < -0.39 is 0 Å². The predicted molar refractivity (Wildman–Crippen MR) is 95.9 cm³/mol. The lowest BCUT2D eigenvalue weighted by atomic mass is 10.0. The van der Waals surface area contributed by atoms with Gasteiger partial charge in [-0.05, 0) is 38.3 Å². The molecule has 1 saturated heterocycles. The summed E-state index contributed by atoms with van der Waals surface area (Å²) in [6.45, 7) is 6.81.